The van der Waals surface area contributed by atoms with Crippen molar-refractivity contribution in [2.24, 2.45) is 0 Å². The van der Waals surface area contributed by atoms with Gasteiger partial charge in [-0.1, -0.05) is 73.3 Å². The number of ether oxygens (including phenoxy) is 2. The maximum absolute atomic E-state index is 11.0. The van der Waals surface area contributed by atoms with Crippen LogP contribution in [0.15, 0.2) is 84.5 Å². The summed E-state index contributed by atoms with van der Waals surface area (Å²) in [6.07, 6.45) is 2.60. The molecule has 0 aliphatic rings. The third kappa shape index (κ3) is 6.32. The Morgan fingerprint density at radius 3 is 1.96 bits per heavy atom. The second-order valence-corrected chi connectivity index (χ2v) is 5.35. The van der Waals surface area contributed by atoms with Gasteiger partial charge in [0.1, 0.15) is 6.29 Å². The summed E-state index contributed by atoms with van der Waals surface area (Å²) in [4.78, 5) is 11.0. The zero-order chi connectivity index (χ0) is 17.0. The van der Waals surface area contributed by atoms with Crippen molar-refractivity contribution >= 4 is 6.29 Å². The van der Waals surface area contributed by atoms with Gasteiger partial charge in [-0.15, -0.1) is 0 Å². The van der Waals surface area contributed by atoms with Crippen LogP contribution in [0.1, 0.15) is 11.1 Å². The van der Waals surface area contributed by atoms with Crippen molar-refractivity contribution in [1.29, 1.82) is 0 Å². The molecule has 0 amide bonds. The van der Waals surface area contributed by atoms with Crippen molar-refractivity contribution < 1.29 is 14.3 Å². The fourth-order valence-corrected chi connectivity index (χ4v) is 2.12. The Kier molecular flexibility index (Phi) is 7.68. The van der Waals surface area contributed by atoms with Crippen LogP contribution in [-0.4, -0.2) is 19.5 Å². The molecule has 0 atom stereocenters. The van der Waals surface area contributed by atoms with Gasteiger partial charge in [0.05, 0.1) is 26.4 Å². The van der Waals surface area contributed by atoms with Crippen molar-refractivity contribution in [1.82, 2.24) is 0 Å². The average Bonchev–Trinajstić information content (AvgIpc) is 2.64. The molecule has 124 valence electrons. The van der Waals surface area contributed by atoms with Gasteiger partial charge in [-0.3, -0.25) is 4.79 Å². The van der Waals surface area contributed by atoms with Crippen LogP contribution in [0, 0.1) is 0 Å². The van der Waals surface area contributed by atoms with E-state index < -0.39 is 0 Å². The van der Waals surface area contributed by atoms with Crippen LogP contribution >= 0.6 is 0 Å². The Morgan fingerprint density at radius 1 is 0.875 bits per heavy atom. The molecule has 0 aliphatic carbocycles. The second-order valence-electron chi connectivity index (χ2n) is 5.35. The van der Waals surface area contributed by atoms with E-state index in [1.807, 2.05) is 66.7 Å². The molecule has 0 unspecified atom stereocenters. The normalized spacial score (nSPS) is 11.2. The van der Waals surface area contributed by atoms with Crippen molar-refractivity contribution in [2.75, 3.05) is 13.2 Å². The van der Waals surface area contributed by atoms with Crippen LogP contribution in [-0.2, 0) is 27.5 Å². The van der Waals surface area contributed by atoms with Crippen LogP contribution in [0.3, 0.4) is 0 Å². The van der Waals surface area contributed by atoms with Gasteiger partial charge in [-0.05, 0) is 16.7 Å². The van der Waals surface area contributed by atoms with Gasteiger partial charge in [0.15, 0.2) is 0 Å². The number of carbonyl (C=O) groups excluding carboxylic acids is 1. The summed E-state index contributed by atoms with van der Waals surface area (Å²) in [6.45, 7) is 5.53. The lowest BCUT2D eigenvalue weighted by atomic mass is 10.1. The molecule has 0 fully saturated rings. The van der Waals surface area contributed by atoms with E-state index in [2.05, 4.69) is 6.58 Å². The van der Waals surface area contributed by atoms with E-state index in [1.54, 1.807) is 0 Å². The molecule has 2 aromatic rings. The third-order valence-corrected chi connectivity index (χ3v) is 3.48. The lowest BCUT2D eigenvalue weighted by Crippen LogP contribution is -2.04. The Labute approximate surface area is 143 Å². The highest BCUT2D eigenvalue weighted by Gasteiger charge is 2.03. The summed E-state index contributed by atoms with van der Waals surface area (Å²) in [6, 6.07) is 19.9. The average molecular weight is 322 g/mol. The van der Waals surface area contributed by atoms with Crippen molar-refractivity contribution in [2.45, 2.75) is 13.2 Å². The molecule has 0 N–H and O–H groups in total. The SMILES string of the molecule is C=C(C=O)/C(=C/COCc1ccccc1)COCc1ccccc1. The number of aldehydes is 1. The molecule has 0 aromatic heterocycles. The molecule has 0 aliphatic heterocycles. The molecule has 0 saturated heterocycles. The number of rotatable bonds is 10. The van der Waals surface area contributed by atoms with Crippen LogP contribution in [0.4, 0.5) is 0 Å². The lowest BCUT2D eigenvalue weighted by Gasteiger charge is -2.09. The monoisotopic (exact) mass is 322 g/mol. The molecule has 24 heavy (non-hydrogen) atoms. The highest BCUT2D eigenvalue weighted by atomic mass is 16.5. The van der Waals surface area contributed by atoms with E-state index in [4.69, 9.17) is 9.47 Å². The summed E-state index contributed by atoms with van der Waals surface area (Å²) in [5.41, 5.74) is 3.39. The molecule has 3 nitrogen and oxygen atoms in total. The first kappa shape index (κ1) is 17.9. The quantitative estimate of drug-likeness (QED) is 0.286. The zero-order valence-corrected chi connectivity index (χ0v) is 13.7. The standard InChI is InChI=1S/C21H22O3/c1-18(14-22)21(17-24-16-20-10-6-3-7-11-20)12-13-23-15-19-8-4-2-5-9-19/h2-12,14H,1,13,15-17H2/b21-12+. The first-order valence-electron chi connectivity index (χ1n) is 7.86. The topological polar surface area (TPSA) is 35.5 Å². The predicted molar refractivity (Wildman–Crippen MR) is 95.5 cm³/mol. The zero-order valence-electron chi connectivity index (χ0n) is 13.7. The lowest BCUT2D eigenvalue weighted by molar-refractivity contribution is -0.104. The first-order chi connectivity index (χ1) is 11.8. The van der Waals surface area contributed by atoms with Gasteiger partial charge < -0.3 is 9.47 Å². The Balaban J connectivity index is 1.81. The van der Waals surface area contributed by atoms with Crippen LogP contribution in [0.25, 0.3) is 0 Å². The highest BCUT2D eigenvalue weighted by Crippen LogP contribution is 2.09. The van der Waals surface area contributed by atoms with E-state index >= 15 is 0 Å². The summed E-state index contributed by atoms with van der Waals surface area (Å²) in [5, 5.41) is 0. The summed E-state index contributed by atoms with van der Waals surface area (Å²) in [7, 11) is 0. The Bertz CT molecular complexity index is 660. The maximum Gasteiger partial charge on any atom is 0.149 e. The molecule has 0 bridgehead atoms. The van der Waals surface area contributed by atoms with Crippen LogP contribution in [0.5, 0.6) is 0 Å². The molecule has 2 aromatic carbocycles. The van der Waals surface area contributed by atoms with E-state index in [-0.39, 0.29) is 0 Å². The van der Waals surface area contributed by atoms with Crippen LogP contribution in [0.2, 0.25) is 0 Å². The Morgan fingerprint density at radius 2 is 1.42 bits per heavy atom. The van der Waals surface area contributed by atoms with Gasteiger partial charge >= 0.3 is 0 Å². The van der Waals surface area contributed by atoms with Gasteiger partial charge in [0, 0.05) is 5.57 Å². The van der Waals surface area contributed by atoms with Gasteiger partial charge in [0.25, 0.3) is 0 Å². The molecule has 3 heteroatoms. The summed E-state index contributed by atoms with van der Waals surface area (Å²) < 4.78 is 11.3. The van der Waals surface area contributed by atoms with E-state index in [0.717, 1.165) is 23.0 Å². The molecule has 0 heterocycles. The highest BCUT2D eigenvalue weighted by molar-refractivity contribution is 5.79. The third-order valence-electron chi connectivity index (χ3n) is 3.48. The smallest absolute Gasteiger partial charge is 0.149 e. The van der Waals surface area contributed by atoms with Gasteiger partial charge in [0.2, 0.25) is 0 Å². The van der Waals surface area contributed by atoms with Gasteiger partial charge in [-0.25, -0.2) is 0 Å². The predicted octanol–water partition coefficient (Wildman–Crippen LogP) is 4.10. The molecule has 0 radical (unpaired) electrons. The van der Waals surface area contributed by atoms with Gasteiger partial charge in [-0.2, -0.15) is 0 Å². The number of carbonyl (C=O) groups is 1. The molecule has 0 spiro atoms. The molecular formula is C21H22O3. The van der Waals surface area contributed by atoms with Crippen molar-refractivity contribution in [3.63, 3.8) is 0 Å². The number of hydrogen-bond acceptors (Lipinski definition) is 3. The number of hydrogen-bond donors (Lipinski definition) is 0. The molecule has 0 saturated carbocycles. The van der Waals surface area contributed by atoms with E-state index in [9.17, 15) is 4.79 Å². The first-order valence-corrected chi connectivity index (χ1v) is 7.86. The Hall–Kier alpha value is -2.49. The molecular weight excluding hydrogens is 300 g/mol. The largest absolute Gasteiger partial charge is 0.373 e. The van der Waals surface area contributed by atoms with E-state index in [0.29, 0.717) is 32.0 Å². The minimum absolute atomic E-state index is 0.334. The number of benzene rings is 2. The molecule has 2 rings (SSSR count). The van der Waals surface area contributed by atoms with Crippen molar-refractivity contribution in [3.05, 3.63) is 95.6 Å². The summed E-state index contributed by atoms with van der Waals surface area (Å²) in [5.74, 6) is 0. The van der Waals surface area contributed by atoms with Crippen LogP contribution < -0.4 is 0 Å². The maximum atomic E-state index is 11.0. The van der Waals surface area contributed by atoms with E-state index in [1.165, 1.54) is 0 Å². The fraction of sp³-hybridized carbons (Fsp3) is 0.190. The summed E-state index contributed by atoms with van der Waals surface area (Å²) >= 11 is 0. The van der Waals surface area contributed by atoms with Crippen molar-refractivity contribution in [3.8, 4) is 0 Å². The second kappa shape index (κ2) is 10.3. The minimum Gasteiger partial charge on any atom is -0.373 e. The fourth-order valence-electron chi connectivity index (χ4n) is 2.12. The minimum atomic E-state index is 0.334.